The van der Waals surface area contributed by atoms with Gasteiger partial charge >= 0.3 is 6.03 Å². The normalized spacial score (nSPS) is 9.56. The van der Waals surface area contributed by atoms with Crippen molar-refractivity contribution in [1.29, 1.82) is 0 Å². The molecule has 0 fully saturated rings. The number of carbonyl (C=O) groups is 2. The molecule has 0 aliphatic rings. The number of nitrogens with zero attached hydrogens (tertiary/aromatic N) is 1. The summed E-state index contributed by atoms with van der Waals surface area (Å²) in [5, 5.41) is 4.84. The first-order chi connectivity index (χ1) is 7.74. The average Bonchev–Trinajstić information content (AvgIpc) is 2.30. The molecule has 0 bridgehead atoms. The van der Waals surface area contributed by atoms with E-state index in [1.807, 2.05) is 6.92 Å². The standard InChI is InChI=1S/C11H15N3O2/c1-2-3-6-13-11(16)14-10(15)9-4-7-12-8-5-9/h4-5,7-8H,2-3,6H2,1H3,(H2,13,14,15,16). The second-order valence-electron chi connectivity index (χ2n) is 3.30. The van der Waals surface area contributed by atoms with Crippen molar-refractivity contribution in [3.63, 3.8) is 0 Å². The van der Waals surface area contributed by atoms with Crippen LogP contribution in [0.1, 0.15) is 30.1 Å². The van der Waals surface area contributed by atoms with Crippen molar-refractivity contribution in [2.24, 2.45) is 0 Å². The van der Waals surface area contributed by atoms with E-state index in [1.54, 1.807) is 12.1 Å². The Hall–Kier alpha value is -1.91. The molecule has 0 aliphatic carbocycles. The monoisotopic (exact) mass is 221 g/mol. The van der Waals surface area contributed by atoms with Crippen LogP contribution in [0.4, 0.5) is 4.79 Å². The van der Waals surface area contributed by atoms with Gasteiger partial charge in [-0.3, -0.25) is 15.1 Å². The quantitative estimate of drug-likeness (QED) is 0.753. The summed E-state index contributed by atoms with van der Waals surface area (Å²) in [5.74, 6) is -0.420. The van der Waals surface area contributed by atoms with Crippen molar-refractivity contribution in [2.75, 3.05) is 6.54 Å². The molecule has 0 aliphatic heterocycles. The summed E-state index contributed by atoms with van der Waals surface area (Å²) in [5.41, 5.74) is 0.417. The Bertz CT molecular complexity index is 352. The molecule has 1 aromatic heterocycles. The van der Waals surface area contributed by atoms with Crippen LogP contribution in [0, 0.1) is 0 Å². The van der Waals surface area contributed by atoms with Gasteiger partial charge in [0.05, 0.1) is 0 Å². The first kappa shape index (κ1) is 12.2. The minimum Gasteiger partial charge on any atom is -0.338 e. The molecule has 0 atom stereocenters. The highest BCUT2D eigenvalue weighted by Crippen LogP contribution is 1.95. The summed E-state index contributed by atoms with van der Waals surface area (Å²) < 4.78 is 0. The number of unbranched alkanes of at least 4 members (excludes halogenated alkanes) is 1. The summed E-state index contributed by atoms with van der Waals surface area (Å²) in [7, 11) is 0. The third-order valence-corrected chi connectivity index (χ3v) is 1.99. The van der Waals surface area contributed by atoms with Crippen LogP contribution in [-0.2, 0) is 0 Å². The molecule has 0 spiro atoms. The lowest BCUT2D eigenvalue weighted by Crippen LogP contribution is -2.39. The van der Waals surface area contributed by atoms with E-state index in [0.29, 0.717) is 12.1 Å². The highest BCUT2D eigenvalue weighted by molar-refractivity contribution is 6.04. The maximum Gasteiger partial charge on any atom is 0.321 e. The Balaban J connectivity index is 2.37. The number of aromatic nitrogens is 1. The number of hydrogen-bond donors (Lipinski definition) is 2. The summed E-state index contributed by atoms with van der Waals surface area (Å²) in [6.07, 6.45) is 4.91. The van der Waals surface area contributed by atoms with E-state index >= 15 is 0 Å². The predicted molar refractivity (Wildman–Crippen MR) is 60.0 cm³/mol. The zero-order valence-corrected chi connectivity index (χ0v) is 9.19. The van der Waals surface area contributed by atoms with Crippen molar-refractivity contribution in [2.45, 2.75) is 19.8 Å². The van der Waals surface area contributed by atoms with Crippen molar-refractivity contribution < 1.29 is 9.59 Å². The molecule has 0 unspecified atom stereocenters. The van der Waals surface area contributed by atoms with Crippen LogP contribution in [0.5, 0.6) is 0 Å². The zero-order valence-electron chi connectivity index (χ0n) is 9.19. The number of rotatable bonds is 4. The second kappa shape index (κ2) is 6.55. The molecular weight excluding hydrogens is 206 g/mol. The maximum atomic E-state index is 11.5. The van der Waals surface area contributed by atoms with Crippen LogP contribution in [-0.4, -0.2) is 23.5 Å². The lowest BCUT2D eigenvalue weighted by atomic mass is 10.2. The molecular formula is C11H15N3O2. The van der Waals surface area contributed by atoms with Gasteiger partial charge in [0.1, 0.15) is 0 Å². The molecule has 0 radical (unpaired) electrons. The number of carbonyl (C=O) groups excluding carboxylic acids is 2. The van der Waals surface area contributed by atoms with E-state index in [2.05, 4.69) is 15.6 Å². The van der Waals surface area contributed by atoms with Crippen molar-refractivity contribution in [3.05, 3.63) is 30.1 Å². The molecule has 0 saturated carbocycles. The predicted octanol–water partition coefficient (Wildman–Crippen LogP) is 1.32. The molecule has 1 heterocycles. The lowest BCUT2D eigenvalue weighted by Gasteiger charge is -2.05. The van der Waals surface area contributed by atoms with Gasteiger partial charge in [-0.05, 0) is 18.6 Å². The number of imide groups is 1. The largest absolute Gasteiger partial charge is 0.338 e. The maximum absolute atomic E-state index is 11.5. The summed E-state index contributed by atoms with van der Waals surface area (Å²) in [6, 6.07) is 2.64. The van der Waals surface area contributed by atoms with Crippen LogP contribution in [0.15, 0.2) is 24.5 Å². The van der Waals surface area contributed by atoms with Crippen LogP contribution in [0.3, 0.4) is 0 Å². The van der Waals surface area contributed by atoms with E-state index < -0.39 is 11.9 Å². The fraction of sp³-hybridized carbons (Fsp3) is 0.364. The molecule has 0 saturated heterocycles. The van der Waals surface area contributed by atoms with E-state index in [9.17, 15) is 9.59 Å². The number of urea groups is 1. The highest BCUT2D eigenvalue weighted by atomic mass is 16.2. The number of hydrogen-bond acceptors (Lipinski definition) is 3. The SMILES string of the molecule is CCCCNC(=O)NC(=O)c1ccncc1. The van der Waals surface area contributed by atoms with Crippen molar-refractivity contribution in [1.82, 2.24) is 15.6 Å². The van der Waals surface area contributed by atoms with Gasteiger partial charge in [0.2, 0.25) is 0 Å². The average molecular weight is 221 g/mol. The Morgan fingerprint density at radius 1 is 1.31 bits per heavy atom. The Morgan fingerprint density at radius 2 is 2.00 bits per heavy atom. The summed E-state index contributed by atoms with van der Waals surface area (Å²) in [6.45, 7) is 2.60. The smallest absolute Gasteiger partial charge is 0.321 e. The third kappa shape index (κ3) is 4.08. The van der Waals surface area contributed by atoms with Gasteiger partial charge in [0.25, 0.3) is 5.91 Å². The van der Waals surface area contributed by atoms with Gasteiger partial charge in [-0.15, -0.1) is 0 Å². The summed E-state index contributed by atoms with van der Waals surface area (Å²) in [4.78, 5) is 26.5. The summed E-state index contributed by atoms with van der Waals surface area (Å²) >= 11 is 0. The molecule has 2 N–H and O–H groups in total. The van der Waals surface area contributed by atoms with Gasteiger partial charge in [0.15, 0.2) is 0 Å². The van der Waals surface area contributed by atoms with E-state index in [4.69, 9.17) is 0 Å². The van der Waals surface area contributed by atoms with Crippen LogP contribution in [0.25, 0.3) is 0 Å². The Labute approximate surface area is 94.3 Å². The van der Waals surface area contributed by atoms with Crippen molar-refractivity contribution in [3.8, 4) is 0 Å². The zero-order chi connectivity index (χ0) is 11.8. The molecule has 86 valence electrons. The van der Waals surface area contributed by atoms with Gasteiger partial charge in [-0.2, -0.15) is 0 Å². The molecule has 16 heavy (non-hydrogen) atoms. The van der Waals surface area contributed by atoms with Crippen molar-refractivity contribution >= 4 is 11.9 Å². The fourth-order valence-corrected chi connectivity index (χ4v) is 1.10. The van der Waals surface area contributed by atoms with Gasteiger partial charge in [-0.25, -0.2) is 4.79 Å². The molecule has 1 rings (SSSR count). The molecule has 5 heteroatoms. The van der Waals surface area contributed by atoms with E-state index in [0.717, 1.165) is 12.8 Å². The van der Waals surface area contributed by atoms with Crippen LogP contribution >= 0.6 is 0 Å². The number of pyridine rings is 1. The minimum absolute atomic E-state index is 0.417. The third-order valence-electron chi connectivity index (χ3n) is 1.99. The Morgan fingerprint density at radius 3 is 2.62 bits per heavy atom. The molecule has 0 aromatic carbocycles. The molecule has 5 nitrogen and oxygen atoms in total. The van der Waals surface area contributed by atoms with Gasteiger partial charge in [0, 0.05) is 24.5 Å². The number of nitrogens with one attached hydrogen (secondary N) is 2. The van der Waals surface area contributed by atoms with Gasteiger partial charge < -0.3 is 5.32 Å². The highest BCUT2D eigenvalue weighted by Gasteiger charge is 2.08. The van der Waals surface area contributed by atoms with E-state index in [-0.39, 0.29) is 0 Å². The second-order valence-corrected chi connectivity index (χ2v) is 3.30. The fourth-order valence-electron chi connectivity index (χ4n) is 1.10. The molecule has 1 aromatic rings. The molecule has 3 amide bonds. The van der Waals surface area contributed by atoms with Crippen LogP contribution in [0.2, 0.25) is 0 Å². The lowest BCUT2D eigenvalue weighted by molar-refractivity contribution is 0.0964. The van der Waals surface area contributed by atoms with Gasteiger partial charge in [-0.1, -0.05) is 13.3 Å². The Kier molecular flexibility index (Phi) is 4.98. The minimum atomic E-state index is -0.463. The van der Waals surface area contributed by atoms with E-state index in [1.165, 1.54) is 12.4 Å². The topological polar surface area (TPSA) is 71.1 Å². The number of amides is 3. The first-order valence-corrected chi connectivity index (χ1v) is 5.23. The first-order valence-electron chi connectivity index (χ1n) is 5.23. The van der Waals surface area contributed by atoms with Crippen LogP contribution < -0.4 is 10.6 Å².